The molecule has 0 aromatic heterocycles. The number of benzene rings is 3. The summed E-state index contributed by atoms with van der Waals surface area (Å²) >= 11 is 0. The average molecular weight is 498 g/mol. The smallest absolute Gasteiger partial charge is 0.303 e. The van der Waals surface area contributed by atoms with Crippen LogP contribution in [0, 0.1) is 5.82 Å². The van der Waals surface area contributed by atoms with E-state index >= 15 is 0 Å². The molecule has 0 bridgehead atoms. The first-order valence-electron chi connectivity index (χ1n) is 11.6. The predicted octanol–water partition coefficient (Wildman–Crippen LogP) is 4.69. The Bertz CT molecular complexity index is 1280. The fourth-order valence-electron chi connectivity index (χ4n) is 3.76. The topological polar surface area (TPSA) is 69.7 Å². The van der Waals surface area contributed by atoms with Crippen LogP contribution >= 0.6 is 0 Å². The zero-order valence-corrected chi connectivity index (χ0v) is 21.4. The van der Waals surface area contributed by atoms with Gasteiger partial charge in [0.1, 0.15) is 5.82 Å². The van der Waals surface area contributed by atoms with Crippen molar-refractivity contribution in [2.75, 3.05) is 18.4 Å². The number of amides is 1. The Kier molecular flexibility index (Phi) is 8.64. The summed E-state index contributed by atoms with van der Waals surface area (Å²) in [5.74, 6) is -0.847. The summed E-state index contributed by atoms with van der Waals surface area (Å²) in [6, 6.07) is 18.8. The third kappa shape index (κ3) is 6.26. The van der Waals surface area contributed by atoms with Gasteiger partial charge in [0.25, 0.3) is 5.91 Å². The third-order valence-corrected chi connectivity index (χ3v) is 7.71. The highest BCUT2D eigenvalue weighted by Gasteiger charge is 2.27. The minimum atomic E-state index is -3.94. The molecule has 35 heavy (non-hydrogen) atoms. The Hall–Kier alpha value is -3.23. The molecule has 0 saturated carbocycles. The Morgan fingerprint density at radius 1 is 0.886 bits per heavy atom. The molecule has 0 aliphatic carbocycles. The molecule has 3 aromatic carbocycles. The quantitative estimate of drug-likeness (QED) is 0.442. The number of rotatable bonds is 10. The summed E-state index contributed by atoms with van der Waals surface area (Å²) in [5, 5.41) is 2.97. The number of carbonyl (C=O) groups is 1. The molecule has 0 unspecified atom stereocenters. The highest BCUT2D eigenvalue weighted by molar-refractivity contribution is 7.90. The zero-order valence-electron chi connectivity index (χ0n) is 20.6. The molecule has 3 rings (SSSR count). The molecular formula is C27H32FN3O3S. The van der Waals surface area contributed by atoms with E-state index in [1.54, 1.807) is 30.3 Å². The van der Waals surface area contributed by atoms with E-state index in [-0.39, 0.29) is 18.1 Å². The van der Waals surface area contributed by atoms with Gasteiger partial charge in [-0.05, 0) is 59.4 Å². The maximum absolute atomic E-state index is 14.5. The van der Waals surface area contributed by atoms with Crippen LogP contribution in [0.3, 0.4) is 0 Å². The first-order valence-corrected chi connectivity index (χ1v) is 13.0. The molecule has 0 spiro atoms. The zero-order chi connectivity index (χ0) is 25.6. The monoisotopic (exact) mass is 497 g/mol. The number of anilines is 1. The van der Waals surface area contributed by atoms with Crippen LogP contribution in [0.15, 0.2) is 66.7 Å². The molecule has 0 radical (unpaired) electrons. The SMILES string of the molecule is CCc1ccc(CC)c(CNC(=O)c2ccc(CN(c3ccccc3F)S(=O)(=O)N(C)C)cc2)c1. The van der Waals surface area contributed by atoms with Crippen LogP contribution in [0.25, 0.3) is 0 Å². The van der Waals surface area contributed by atoms with Gasteiger partial charge < -0.3 is 5.32 Å². The van der Waals surface area contributed by atoms with Gasteiger partial charge in [0.15, 0.2) is 0 Å². The largest absolute Gasteiger partial charge is 0.348 e. The lowest BCUT2D eigenvalue weighted by Crippen LogP contribution is -2.40. The van der Waals surface area contributed by atoms with Gasteiger partial charge in [0.05, 0.1) is 12.2 Å². The molecule has 6 nitrogen and oxygen atoms in total. The number of nitrogens with one attached hydrogen (secondary N) is 1. The Labute approximate surface area is 207 Å². The molecule has 1 N–H and O–H groups in total. The summed E-state index contributed by atoms with van der Waals surface area (Å²) in [5.41, 5.74) is 4.58. The Morgan fingerprint density at radius 2 is 1.54 bits per heavy atom. The van der Waals surface area contributed by atoms with Crippen LogP contribution in [-0.2, 0) is 36.1 Å². The number of carbonyl (C=O) groups excluding carboxylic acids is 1. The predicted molar refractivity (Wildman–Crippen MR) is 138 cm³/mol. The van der Waals surface area contributed by atoms with Crippen molar-refractivity contribution in [2.24, 2.45) is 0 Å². The fourth-order valence-corrected chi connectivity index (χ4v) is 4.86. The van der Waals surface area contributed by atoms with E-state index in [4.69, 9.17) is 0 Å². The second-order valence-corrected chi connectivity index (χ2v) is 10.5. The van der Waals surface area contributed by atoms with Crippen molar-refractivity contribution >= 4 is 21.8 Å². The Morgan fingerprint density at radius 3 is 2.14 bits per heavy atom. The number of nitrogens with zero attached hydrogens (tertiary/aromatic N) is 2. The fraction of sp³-hybridized carbons (Fsp3) is 0.296. The molecule has 0 heterocycles. The third-order valence-electron chi connectivity index (χ3n) is 5.90. The van der Waals surface area contributed by atoms with Crippen LogP contribution in [0.2, 0.25) is 0 Å². The lowest BCUT2D eigenvalue weighted by atomic mass is 10.0. The second-order valence-electron chi connectivity index (χ2n) is 8.44. The summed E-state index contributed by atoms with van der Waals surface area (Å²) in [7, 11) is -1.14. The Balaban J connectivity index is 1.76. The molecule has 0 saturated heterocycles. The molecule has 0 fully saturated rings. The maximum Gasteiger partial charge on any atom is 0.303 e. The average Bonchev–Trinajstić information content (AvgIpc) is 2.86. The van der Waals surface area contributed by atoms with Crippen LogP contribution in [0.1, 0.15) is 46.5 Å². The van der Waals surface area contributed by atoms with Crippen molar-refractivity contribution in [3.63, 3.8) is 0 Å². The van der Waals surface area contributed by atoms with E-state index < -0.39 is 16.0 Å². The standard InChI is InChI=1S/C27H32FN3O3S/c1-5-20-11-14-22(6-2)24(17-20)18-29-27(32)23-15-12-21(13-16-23)19-31(35(33,34)30(3)4)26-10-8-7-9-25(26)28/h7-17H,5-6,18-19H2,1-4H3,(H,29,32). The van der Waals surface area contributed by atoms with Crippen LogP contribution in [0.5, 0.6) is 0 Å². The van der Waals surface area contributed by atoms with Crippen LogP contribution in [0.4, 0.5) is 10.1 Å². The second kappa shape index (κ2) is 11.5. The molecule has 0 aliphatic heterocycles. The van der Waals surface area contributed by atoms with Crippen molar-refractivity contribution < 1.29 is 17.6 Å². The van der Waals surface area contributed by atoms with E-state index in [2.05, 4.69) is 37.4 Å². The molecule has 0 atom stereocenters. The summed E-state index contributed by atoms with van der Waals surface area (Å²) in [6.07, 6.45) is 1.82. The van der Waals surface area contributed by atoms with E-state index in [1.165, 1.54) is 43.4 Å². The van der Waals surface area contributed by atoms with Gasteiger partial charge in [-0.15, -0.1) is 0 Å². The normalized spacial score (nSPS) is 11.5. The number of halogens is 1. The van der Waals surface area contributed by atoms with Crippen LogP contribution < -0.4 is 9.62 Å². The molecule has 1 amide bonds. The molecule has 8 heteroatoms. The number of para-hydroxylation sites is 1. The van der Waals surface area contributed by atoms with Crippen molar-refractivity contribution in [1.82, 2.24) is 9.62 Å². The molecule has 0 aliphatic rings. The van der Waals surface area contributed by atoms with E-state index in [9.17, 15) is 17.6 Å². The van der Waals surface area contributed by atoms with E-state index in [0.29, 0.717) is 17.7 Å². The first kappa shape index (κ1) is 26.4. The first-order chi connectivity index (χ1) is 16.7. The lowest BCUT2D eigenvalue weighted by molar-refractivity contribution is 0.0951. The highest BCUT2D eigenvalue weighted by atomic mass is 32.2. The lowest BCUT2D eigenvalue weighted by Gasteiger charge is -2.27. The van der Waals surface area contributed by atoms with E-state index in [1.807, 2.05) is 0 Å². The van der Waals surface area contributed by atoms with Gasteiger partial charge in [-0.25, -0.2) is 4.39 Å². The maximum atomic E-state index is 14.5. The van der Waals surface area contributed by atoms with E-state index in [0.717, 1.165) is 27.0 Å². The van der Waals surface area contributed by atoms with Crippen molar-refractivity contribution in [3.05, 3.63) is 100 Å². The minimum Gasteiger partial charge on any atom is -0.348 e. The summed E-state index contributed by atoms with van der Waals surface area (Å²) in [6.45, 7) is 4.54. The number of hydrogen-bond donors (Lipinski definition) is 1. The van der Waals surface area contributed by atoms with Gasteiger partial charge in [0, 0.05) is 26.2 Å². The van der Waals surface area contributed by atoms with Crippen molar-refractivity contribution in [3.8, 4) is 0 Å². The number of aryl methyl sites for hydroxylation is 2. The van der Waals surface area contributed by atoms with Gasteiger partial charge >= 0.3 is 10.2 Å². The van der Waals surface area contributed by atoms with Gasteiger partial charge in [-0.2, -0.15) is 12.7 Å². The van der Waals surface area contributed by atoms with Crippen molar-refractivity contribution in [1.29, 1.82) is 0 Å². The minimum absolute atomic E-state index is 0.0379. The molecule has 186 valence electrons. The van der Waals surface area contributed by atoms with Gasteiger partial charge in [-0.1, -0.05) is 56.3 Å². The highest BCUT2D eigenvalue weighted by Crippen LogP contribution is 2.25. The summed E-state index contributed by atoms with van der Waals surface area (Å²) in [4.78, 5) is 12.7. The van der Waals surface area contributed by atoms with Gasteiger partial charge in [-0.3, -0.25) is 9.10 Å². The molecular weight excluding hydrogens is 465 g/mol. The van der Waals surface area contributed by atoms with Crippen LogP contribution in [-0.4, -0.2) is 32.7 Å². The number of hydrogen-bond acceptors (Lipinski definition) is 3. The molecule has 3 aromatic rings. The summed E-state index contributed by atoms with van der Waals surface area (Å²) < 4.78 is 42.3. The van der Waals surface area contributed by atoms with Gasteiger partial charge in [0.2, 0.25) is 0 Å². The van der Waals surface area contributed by atoms with Crippen molar-refractivity contribution in [2.45, 2.75) is 39.8 Å².